The van der Waals surface area contributed by atoms with Crippen LogP contribution in [0.2, 0.25) is 0 Å². The molecule has 2 aliphatic rings. The number of thiophene rings is 1. The summed E-state index contributed by atoms with van der Waals surface area (Å²) in [5.74, 6) is 2.27. The number of nitrogens with one attached hydrogen (secondary N) is 1. The minimum atomic E-state index is -0.134. The zero-order valence-electron chi connectivity index (χ0n) is 18.0. The molecule has 0 radical (unpaired) electrons. The van der Waals surface area contributed by atoms with Gasteiger partial charge in [0.25, 0.3) is 11.8 Å². The van der Waals surface area contributed by atoms with Gasteiger partial charge in [0, 0.05) is 43.2 Å². The van der Waals surface area contributed by atoms with Crippen LogP contribution in [-0.4, -0.2) is 44.6 Å². The van der Waals surface area contributed by atoms with Crippen molar-refractivity contribution in [1.29, 1.82) is 0 Å². The molecule has 2 amide bonds. The highest BCUT2D eigenvalue weighted by atomic mass is 32.1. The number of nitrogens with zero attached hydrogens (tertiary/aromatic N) is 4. The number of piperidine rings is 1. The van der Waals surface area contributed by atoms with E-state index in [1.165, 1.54) is 30.6 Å². The van der Waals surface area contributed by atoms with E-state index in [4.69, 9.17) is 0 Å². The summed E-state index contributed by atoms with van der Waals surface area (Å²) in [6.45, 7) is 2.42. The first-order valence-corrected chi connectivity index (χ1v) is 12.2. The predicted octanol–water partition coefficient (Wildman–Crippen LogP) is 4.34. The molecule has 1 aromatic carbocycles. The molecule has 8 heteroatoms. The maximum atomic E-state index is 13.2. The number of anilines is 1. The zero-order chi connectivity index (χ0) is 21.9. The molecule has 1 N–H and O–H groups in total. The Morgan fingerprint density at radius 2 is 1.88 bits per heavy atom. The number of carbonyl (C=O) groups is 2. The van der Waals surface area contributed by atoms with Crippen molar-refractivity contribution in [2.45, 2.75) is 51.0 Å². The Morgan fingerprint density at radius 3 is 2.69 bits per heavy atom. The molecule has 2 aliphatic heterocycles. The molecule has 1 saturated heterocycles. The van der Waals surface area contributed by atoms with Crippen molar-refractivity contribution >= 4 is 28.8 Å². The van der Waals surface area contributed by atoms with Crippen molar-refractivity contribution in [3.63, 3.8) is 0 Å². The summed E-state index contributed by atoms with van der Waals surface area (Å²) >= 11 is 1.40. The lowest BCUT2D eigenvalue weighted by atomic mass is 9.96. The minimum Gasteiger partial charge on any atom is -0.338 e. The molecular formula is C24H27N5O2S. The molecular weight excluding hydrogens is 422 g/mol. The van der Waals surface area contributed by atoms with Gasteiger partial charge < -0.3 is 14.8 Å². The average molecular weight is 450 g/mol. The molecule has 1 fully saturated rings. The highest BCUT2D eigenvalue weighted by molar-refractivity contribution is 7.12. The number of benzene rings is 1. The van der Waals surface area contributed by atoms with Crippen LogP contribution >= 0.6 is 11.3 Å². The van der Waals surface area contributed by atoms with E-state index < -0.39 is 0 Å². The van der Waals surface area contributed by atoms with Gasteiger partial charge in [0.15, 0.2) is 0 Å². The van der Waals surface area contributed by atoms with Gasteiger partial charge in [0.2, 0.25) is 0 Å². The lowest BCUT2D eigenvalue weighted by Crippen LogP contribution is -2.39. The Balaban J connectivity index is 1.25. The lowest BCUT2D eigenvalue weighted by molar-refractivity contribution is 0.0703. The van der Waals surface area contributed by atoms with E-state index in [1.54, 1.807) is 30.3 Å². The molecule has 5 rings (SSSR count). The number of likely N-dealkylation sites (tertiary alicyclic amines) is 1. The first-order chi connectivity index (χ1) is 15.7. The Morgan fingerprint density at radius 1 is 1.00 bits per heavy atom. The fraction of sp³-hybridized carbons (Fsp3) is 0.417. The molecule has 0 bridgehead atoms. The number of carbonyl (C=O) groups excluding carboxylic acids is 2. The first kappa shape index (κ1) is 20.9. The topological polar surface area (TPSA) is 80.1 Å². The number of amides is 2. The molecule has 7 nitrogen and oxygen atoms in total. The molecule has 166 valence electrons. The Bertz CT molecular complexity index is 1090. The van der Waals surface area contributed by atoms with E-state index in [2.05, 4.69) is 20.1 Å². The standard InChI is InChI=1S/C24H27N5O2S/c30-23(20-7-5-15-32-20)25-19-11-9-17(10-12-19)24(31)28-13-4-6-18(16-28)22-27-26-21-8-2-1-3-14-29(21)22/h5,7,9-12,15,18H,1-4,6,8,13-14,16H2,(H,25,30). The molecule has 0 saturated carbocycles. The van der Waals surface area contributed by atoms with Crippen LogP contribution in [0.5, 0.6) is 0 Å². The van der Waals surface area contributed by atoms with Crippen molar-refractivity contribution in [3.05, 3.63) is 63.9 Å². The minimum absolute atomic E-state index is 0.0291. The van der Waals surface area contributed by atoms with Crippen molar-refractivity contribution in [1.82, 2.24) is 19.7 Å². The maximum Gasteiger partial charge on any atom is 0.265 e. The molecule has 3 aromatic rings. The van der Waals surface area contributed by atoms with Crippen LogP contribution in [0.3, 0.4) is 0 Å². The molecule has 4 heterocycles. The second-order valence-electron chi connectivity index (χ2n) is 8.54. The summed E-state index contributed by atoms with van der Waals surface area (Å²) in [6.07, 6.45) is 6.59. The van der Waals surface area contributed by atoms with Crippen LogP contribution in [0.25, 0.3) is 0 Å². The van der Waals surface area contributed by atoms with Crippen molar-refractivity contribution in [3.8, 4) is 0 Å². The zero-order valence-corrected chi connectivity index (χ0v) is 18.8. The molecule has 0 aliphatic carbocycles. The van der Waals surface area contributed by atoms with Crippen LogP contribution < -0.4 is 5.32 Å². The molecule has 1 unspecified atom stereocenters. The van der Waals surface area contributed by atoms with Gasteiger partial charge in [-0.05, 0) is 61.4 Å². The largest absolute Gasteiger partial charge is 0.338 e. The van der Waals surface area contributed by atoms with Crippen molar-refractivity contribution in [2.75, 3.05) is 18.4 Å². The second-order valence-corrected chi connectivity index (χ2v) is 9.48. The number of fused-ring (bicyclic) bond motifs is 1. The molecule has 2 aromatic heterocycles. The number of aryl methyl sites for hydroxylation is 1. The third-order valence-electron chi connectivity index (χ3n) is 6.35. The maximum absolute atomic E-state index is 13.2. The van der Waals surface area contributed by atoms with Crippen LogP contribution in [-0.2, 0) is 13.0 Å². The van der Waals surface area contributed by atoms with Gasteiger partial charge >= 0.3 is 0 Å². The average Bonchev–Trinajstić information content (AvgIpc) is 3.45. The monoisotopic (exact) mass is 449 g/mol. The van der Waals surface area contributed by atoms with E-state index in [-0.39, 0.29) is 17.7 Å². The van der Waals surface area contributed by atoms with Crippen LogP contribution in [0, 0.1) is 0 Å². The Kier molecular flexibility index (Phi) is 6.03. The lowest BCUT2D eigenvalue weighted by Gasteiger charge is -2.32. The molecule has 32 heavy (non-hydrogen) atoms. The Labute approximate surface area is 191 Å². The number of hydrogen-bond acceptors (Lipinski definition) is 5. The van der Waals surface area contributed by atoms with Gasteiger partial charge in [-0.1, -0.05) is 12.5 Å². The number of rotatable bonds is 4. The van der Waals surface area contributed by atoms with E-state index in [9.17, 15) is 9.59 Å². The summed E-state index contributed by atoms with van der Waals surface area (Å²) < 4.78 is 2.30. The van der Waals surface area contributed by atoms with Gasteiger partial charge in [-0.25, -0.2) is 0 Å². The van der Waals surface area contributed by atoms with Gasteiger partial charge in [0.05, 0.1) is 4.88 Å². The van der Waals surface area contributed by atoms with E-state index in [0.717, 1.165) is 44.0 Å². The predicted molar refractivity (Wildman–Crippen MR) is 124 cm³/mol. The van der Waals surface area contributed by atoms with Crippen molar-refractivity contribution < 1.29 is 9.59 Å². The second kappa shape index (κ2) is 9.24. The summed E-state index contributed by atoms with van der Waals surface area (Å²) in [4.78, 5) is 28.0. The number of aromatic nitrogens is 3. The normalized spacial score (nSPS) is 18.6. The van der Waals surface area contributed by atoms with Crippen molar-refractivity contribution in [2.24, 2.45) is 0 Å². The smallest absolute Gasteiger partial charge is 0.265 e. The third-order valence-corrected chi connectivity index (χ3v) is 7.22. The van der Waals surface area contributed by atoms with Crippen LogP contribution in [0.1, 0.15) is 69.7 Å². The fourth-order valence-electron chi connectivity index (χ4n) is 4.66. The van der Waals surface area contributed by atoms with Gasteiger partial charge in [-0.15, -0.1) is 21.5 Å². The third kappa shape index (κ3) is 4.32. The SMILES string of the molecule is O=C(Nc1ccc(C(=O)N2CCCC(c3nnc4n3CCCCC4)C2)cc1)c1cccs1. The molecule has 0 spiro atoms. The van der Waals surface area contributed by atoms with Crippen LogP contribution in [0.4, 0.5) is 5.69 Å². The highest BCUT2D eigenvalue weighted by Gasteiger charge is 2.30. The van der Waals surface area contributed by atoms with Gasteiger partial charge in [-0.3, -0.25) is 9.59 Å². The summed E-state index contributed by atoms with van der Waals surface area (Å²) in [5, 5.41) is 13.7. The highest BCUT2D eigenvalue weighted by Crippen LogP contribution is 2.29. The van der Waals surface area contributed by atoms with E-state index >= 15 is 0 Å². The quantitative estimate of drug-likeness (QED) is 0.643. The first-order valence-electron chi connectivity index (χ1n) is 11.4. The summed E-state index contributed by atoms with van der Waals surface area (Å²) in [5.41, 5.74) is 1.32. The van der Waals surface area contributed by atoms with E-state index in [1.807, 2.05) is 16.3 Å². The van der Waals surface area contributed by atoms with E-state index in [0.29, 0.717) is 22.7 Å². The van der Waals surface area contributed by atoms with Crippen LogP contribution in [0.15, 0.2) is 41.8 Å². The van der Waals surface area contributed by atoms with Gasteiger partial charge in [-0.2, -0.15) is 0 Å². The van der Waals surface area contributed by atoms with Gasteiger partial charge in [0.1, 0.15) is 11.6 Å². The summed E-state index contributed by atoms with van der Waals surface area (Å²) in [7, 11) is 0. The fourth-order valence-corrected chi connectivity index (χ4v) is 5.28. The molecule has 1 atom stereocenters. The summed E-state index contributed by atoms with van der Waals surface area (Å²) in [6, 6.07) is 10.8. The number of hydrogen-bond donors (Lipinski definition) is 1. The Hall–Kier alpha value is -3.00.